The Labute approximate surface area is 233 Å². The molecule has 200 valence electrons. The summed E-state index contributed by atoms with van der Waals surface area (Å²) < 4.78 is 6.82. The number of methoxy groups -OCH3 is 1. The van der Waals surface area contributed by atoms with Gasteiger partial charge < -0.3 is 10.1 Å². The Morgan fingerprint density at radius 2 is 1.85 bits per heavy atom. The van der Waals surface area contributed by atoms with Gasteiger partial charge in [0.05, 0.1) is 24.9 Å². The third-order valence-electron chi connectivity index (χ3n) is 6.57. The topological polar surface area (TPSA) is 118 Å². The largest absolute Gasteiger partial charge is 0.496 e. The molecule has 6 rings (SSSR count). The maximum atomic E-state index is 13.6. The van der Waals surface area contributed by atoms with Gasteiger partial charge in [0.15, 0.2) is 5.17 Å². The molecular weight excluding hydrogens is 528 g/mol. The minimum Gasteiger partial charge on any atom is -0.496 e. The highest BCUT2D eigenvalue weighted by atomic mass is 32.2. The van der Waals surface area contributed by atoms with E-state index in [2.05, 4.69) is 15.3 Å². The van der Waals surface area contributed by atoms with E-state index in [4.69, 9.17) is 9.73 Å². The van der Waals surface area contributed by atoms with Crippen molar-refractivity contribution in [2.75, 3.05) is 7.11 Å². The van der Waals surface area contributed by atoms with Crippen LogP contribution in [-0.2, 0) is 21.9 Å². The molecule has 4 heterocycles. The Kier molecular flexibility index (Phi) is 6.87. The van der Waals surface area contributed by atoms with Gasteiger partial charge in [-0.05, 0) is 30.3 Å². The Hall–Kier alpha value is -4.77. The number of nitrogens with zero attached hydrogens (tertiary/aromatic N) is 5. The van der Waals surface area contributed by atoms with Crippen molar-refractivity contribution in [2.24, 2.45) is 9.98 Å². The van der Waals surface area contributed by atoms with Crippen molar-refractivity contribution in [3.05, 3.63) is 106 Å². The summed E-state index contributed by atoms with van der Waals surface area (Å²) in [5.41, 5.74) is 3.16. The second-order valence-electron chi connectivity index (χ2n) is 9.15. The first-order valence-corrected chi connectivity index (χ1v) is 13.6. The Bertz CT molecular complexity index is 1760. The van der Waals surface area contributed by atoms with Gasteiger partial charge in [-0.15, -0.1) is 0 Å². The standard InChI is InChI=1S/C29H24N6O4S/c1-39-23-11-5-2-8-18(23)16-30-25(36)15-22-28(38)35-27(32-22)20-9-3-4-10-21(20)33-29(35)40-17-19-14-26(37)34-13-7-6-12-24(34)31-19/h2-14,22H,15-17H2,1H3,(H,30,36)/t22-/m0/s1. The highest BCUT2D eigenvalue weighted by Crippen LogP contribution is 2.34. The van der Waals surface area contributed by atoms with Crippen molar-refractivity contribution in [3.8, 4) is 5.75 Å². The lowest BCUT2D eigenvalue weighted by Crippen LogP contribution is -2.42. The fourth-order valence-electron chi connectivity index (χ4n) is 4.64. The zero-order valence-electron chi connectivity index (χ0n) is 21.5. The van der Waals surface area contributed by atoms with Crippen LogP contribution in [0.1, 0.15) is 23.2 Å². The molecule has 0 radical (unpaired) electrons. The van der Waals surface area contributed by atoms with Crippen molar-refractivity contribution in [1.29, 1.82) is 0 Å². The van der Waals surface area contributed by atoms with Gasteiger partial charge in [0.25, 0.3) is 11.5 Å². The second-order valence-corrected chi connectivity index (χ2v) is 10.1. The molecule has 2 aromatic carbocycles. The number of carbonyl (C=O) groups is 2. The van der Waals surface area contributed by atoms with Gasteiger partial charge in [-0.3, -0.25) is 23.8 Å². The Morgan fingerprint density at radius 1 is 1.05 bits per heavy atom. The fraction of sp³-hybridized carbons (Fsp3) is 0.172. The lowest BCUT2D eigenvalue weighted by Gasteiger charge is -2.25. The molecule has 1 N–H and O–H groups in total. The molecule has 2 aliphatic rings. The smallest absolute Gasteiger partial charge is 0.259 e. The highest BCUT2D eigenvalue weighted by molar-refractivity contribution is 8.13. The third-order valence-corrected chi connectivity index (χ3v) is 7.54. The normalized spacial score (nSPS) is 15.8. The highest BCUT2D eigenvalue weighted by Gasteiger charge is 2.42. The summed E-state index contributed by atoms with van der Waals surface area (Å²) in [5.74, 6) is 0.841. The average Bonchev–Trinajstić information content (AvgIpc) is 3.30. The number of hydrogen-bond donors (Lipinski definition) is 1. The van der Waals surface area contributed by atoms with E-state index in [0.717, 1.165) is 11.1 Å². The van der Waals surface area contributed by atoms with E-state index in [1.165, 1.54) is 27.1 Å². The molecule has 2 aliphatic heterocycles. The van der Waals surface area contributed by atoms with Gasteiger partial charge in [0, 0.05) is 35.7 Å². The van der Waals surface area contributed by atoms with Crippen LogP contribution in [0.2, 0.25) is 0 Å². The van der Waals surface area contributed by atoms with Crippen LogP contribution < -0.4 is 15.6 Å². The van der Waals surface area contributed by atoms with E-state index in [0.29, 0.717) is 39.5 Å². The SMILES string of the molecule is COc1ccccc1CNC(=O)C[C@@H]1N=C2c3ccccc3N=C(SCc3cc(=O)n4ccccc4n3)N2C1=O. The number of thioether (sulfide) groups is 1. The van der Waals surface area contributed by atoms with E-state index in [9.17, 15) is 14.4 Å². The first kappa shape index (κ1) is 25.5. The number of pyridine rings is 1. The van der Waals surface area contributed by atoms with Crippen LogP contribution in [0.15, 0.2) is 93.8 Å². The molecule has 0 spiro atoms. The summed E-state index contributed by atoms with van der Waals surface area (Å²) in [6, 6.07) is 20.8. The summed E-state index contributed by atoms with van der Waals surface area (Å²) in [6.07, 6.45) is 1.57. The molecule has 10 nitrogen and oxygen atoms in total. The zero-order chi connectivity index (χ0) is 27.6. The molecule has 4 aromatic rings. The monoisotopic (exact) mass is 552 g/mol. The minimum atomic E-state index is -0.881. The van der Waals surface area contributed by atoms with Gasteiger partial charge >= 0.3 is 0 Å². The van der Waals surface area contributed by atoms with Crippen molar-refractivity contribution >= 4 is 45.9 Å². The van der Waals surface area contributed by atoms with E-state index in [-0.39, 0.29) is 30.3 Å². The molecule has 0 unspecified atom stereocenters. The van der Waals surface area contributed by atoms with Crippen LogP contribution in [0.5, 0.6) is 5.75 Å². The van der Waals surface area contributed by atoms with Gasteiger partial charge in [-0.25, -0.2) is 14.9 Å². The van der Waals surface area contributed by atoms with E-state index in [1.807, 2.05) is 54.6 Å². The number of aromatic nitrogens is 2. The predicted molar refractivity (Wildman–Crippen MR) is 153 cm³/mol. The molecule has 0 saturated carbocycles. The molecule has 0 fully saturated rings. The molecule has 11 heteroatoms. The summed E-state index contributed by atoms with van der Waals surface area (Å²) in [4.78, 5) is 54.4. The quantitative estimate of drug-likeness (QED) is 0.376. The van der Waals surface area contributed by atoms with Crippen LogP contribution in [0.25, 0.3) is 5.65 Å². The van der Waals surface area contributed by atoms with Crippen molar-refractivity contribution in [2.45, 2.75) is 24.8 Å². The summed E-state index contributed by atoms with van der Waals surface area (Å²) >= 11 is 1.29. The summed E-state index contributed by atoms with van der Waals surface area (Å²) in [6.45, 7) is 0.272. The number of nitrogens with one attached hydrogen (secondary N) is 1. The van der Waals surface area contributed by atoms with Crippen LogP contribution in [0.3, 0.4) is 0 Å². The van der Waals surface area contributed by atoms with Crippen molar-refractivity contribution in [1.82, 2.24) is 19.6 Å². The van der Waals surface area contributed by atoms with Gasteiger partial charge in [0.1, 0.15) is 23.3 Å². The summed E-state index contributed by atoms with van der Waals surface area (Å²) in [5, 5.41) is 3.29. The number of aliphatic imine (C=N–C) groups is 2. The molecule has 1 atom stereocenters. The van der Waals surface area contributed by atoms with Gasteiger partial charge in [-0.2, -0.15) is 0 Å². The molecule has 0 aliphatic carbocycles. The number of amides is 2. The molecular formula is C29H24N6O4S. The number of fused-ring (bicyclic) bond motifs is 4. The van der Waals surface area contributed by atoms with Crippen molar-refractivity contribution < 1.29 is 14.3 Å². The number of rotatable bonds is 7. The van der Waals surface area contributed by atoms with Crippen LogP contribution >= 0.6 is 11.8 Å². The maximum absolute atomic E-state index is 13.6. The Morgan fingerprint density at radius 3 is 2.73 bits per heavy atom. The van der Waals surface area contributed by atoms with Crippen LogP contribution in [0.4, 0.5) is 5.69 Å². The predicted octanol–water partition coefficient (Wildman–Crippen LogP) is 3.30. The number of ether oxygens (including phenoxy) is 1. The lowest BCUT2D eigenvalue weighted by atomic mass is 10.1. The molecule has 40 heavy (non-hydrogen) atoms. The molecule has 0 bridgehead atoms. The van der Waals surface area contributed by atoms with E-state index >= 15 is 0 Å². The second kappa shape index (κ2) is 10.8. The number of para-hydroxylation sites is 2. The van der Waals surface area contributed by atoms with E-state index < -0.39 is 6.04 Å². The average molecular weight is 553 g/mol. The van der Waals surface area contributed by atoms with Crippen LogP contribution in [0, 0.1) is 0 Å². The summed E-state index contributed by atoms with van der Waals surface area (Å²) in [7, 11) is 1.58. The minimum absolute atomic E-state index is 0.100. The fourth-order valence-corrected chi connectivity index (χ4v) is 5.53. The van der Waals surface area contributed by atoms with E-state index in [1.54, 1.807) is 25.4 Å². The van der Waals surface area contributed by atoms with Crippen LogP contribution in [-0.4, -0.2) is 50.3 Å². The lowest BCUT2D eigenvalue weighted by molar-refractivity contribution is -0.128. The Balaban J connectivity index is 1.21. The van der Waals surface area contributed by atoms with Gasteiger partial charge in [-0.1, -0.05) is 48.2 Å². The number of benzene rings is 2. The first-order chi connectivity index (χ1) is 19.5. The maximum Gasteiger partial charge on any atom is 0.259 e. The van der Waals surface area contributed by atoms with Crippen molar-refractivity contribution in [3.63, 3.8) is 0 Å². The molecule has 2 amide bonds. The first-order valence-electron chi connectivity index (χ1n) is 12.6. The number of amidine groups is 2. The molecule has 0 saturated heterocycles. The van der Waals surface area contributed by atoms with Gasteiger partial charge in [0.2, 0.25) is 5.91 Å². The number of hydrogen-bond acceptors (Lipinski definition) is 8. The molecule has 2 aromatic heterocycles. The third kappa shape index (κ3) is 4.87. The number of carbonyl (C=O) groups excluding carboxylic acids is 2. The zero-order valence-corrected chi connectivity index (χ0v) is 22.3.